The first kappa shape index (κ1) is 16.8. The highest BCUT2D eigenvalue weighted by molar-refractivity contribution is 8.00. The molecule has 1 amide bonds. The average molecular weight is 328 g/mol. The fourth-order valence-corrected chi connectivity index (χ4v) is 2.41. The normalized spacial score (nSPS) is 10.5. The van der Waals surface area contributed by atoms with Crippen molar-refractivity contribution in [1.82, 2.24) is 5.43 Å². The molecule has 0 saturated carbocycles. The van der Waals surface area contributed by atoms with Crippen molar-refractivity contribution in [3.63, 3.8) is 0 Å². The summed E-state index contributed by atoms with van der Waals surface area (Å²) in [5, 5.41) is 3.89. The Hall–Kier alpha value is -2.60. The maximum atomic E-state index is 11.7. The monoisotopic (exact) mass is 328 g/mol. The fraction of sp³-hybridized carbons (Fsp3) is 0.118. The molecule has 6 heteroatoms. The first-order chi connectivity index (χ1) is 11.2. The molecule has 2 aromatic rings. The number of amides is 1. The number of esters is 1. The van der Waals surface area contributed by atoms with E-state index in [1.54, 1.807) is 24.3 Å². The molecule has 0 radical (unpaired) electrons. The van der Waals surface area contributed by atoms with Crippen molar-refractivity contribution in [2.75, 3.05) is 12.9 Å². The van der Waals surface area contributed by atoms with Gasteiger partial charge in [-0.15, -0.1) is 11.8 Å². The van der Waals surface area contributed by atoms with Crippen molar-refractivity contribution in [2.24, 2.45) is 5.10 Å². The minimum Gasteiger partial charge on any atom is -0.465 e. The van der Waals surface area contributed by atoms with Crippen LogP contribution < -0.4 is 5.43 Å². The summed E-state index contributed by atoms with van der Waals surface area (Å²) in [5.74, 6) is -0.274. The first-order valence-electron chi connectivity index (χ1n) is 6.87. The number of thioether (sulfide) groups is 1. The summed E-state index contributed by atoms with van der Waals surface area (Å²) in [4.78, 5) is 24.0. The largest absolute Gasteiger partial charge is 0.465 e. The van der Waals surface area contributed by atoms with Crippen molar-refractivity contribution in [3.8, 4) is 0 Å². The predicted octanol–water partition coefficient (Wildman–Crippen LogP) is 2.72. The molecule has 0 aliphatic carbocycles. The highest BCUT2D eigenvalue weighted by atomic mass is 32.2. The lowest BCUT2D eigenvalue weighted by molar-refractivity contribution is -0.118. The van der Waals surface area contributed by atoms with Crippen LogP contribution in [0.5, 0.6) is 0 Å². The molecule has 2 rings (SSSR count). The third-order valence-electron chi connectivity index (χ3n) is 2.85. The van der Waals surface area contributed by atoms with Crippen molar-refractivity contribution < 1.29 is 14.3 Å². The van der Waals surface area contributed by atoms with Gasteiger partial charge in [-0.2, -0.15) is 5.10 Å². The molecular formula is C17H16N2O3S. The Kier molecular flexibility index (Phi) is 6.38. The summed E-state index contributed by atoms with van der Waals surface area (Å²) in [7, 11) is 1.33. The summed E-state index contributed by atoms with van der Waals surface area (Å²) >= 11 is 1.45. The van der Waals surface area contributed by atoms with Gasteiger partial charge in [-0.3, -0.25) is 4.79 Å². The maximum absolute atomic E-state index is 11.7. The number of carbonyl (C=O) groups is 2. The number of nitrogens with zero attached hydrogens (tertiary/aromatic N) is 1. The minimum absolute atomic E-state index is 0.179. The Balaban J connectivity index is 1.79. The average Bonchev–Trinajstić information content (AvgIpc) is 2.61. The van der Waals surface area contributed by atoms with Crippen LogP contribution in [0.2, 0.25) is 0 Å². The molecule has 0 aliphatic rings. The van der Waals surface area contributed by atoms with E-state index in [1.807, 2.05) is 30.3 Å². The third kappa shape index (κ3) is 5.60. The van der Waals surface area contributed by atoms with Crippen LogP contribution in [-0.4, -0.2) is 31.0 Å². The summed E-state index contributed by atoms with van der Waals surface area (Å²) in [5.41, 5.74) is 3.71. The van der Waals surface area contributed by atoms with E-state index < -0.39 is 0 Å². The van der Waals surface area contributed by atoms with Crippen LogP contribution in [0.25, 0.3) is 0 Å². The summed E-state index contributed by atoms with van der Waals surface area (Å²) in [6.45, 7) is 0. The molecule has 0 saturated heterocycles. The number of hydrogen-bond acceptors (Lipinski definition) is 5. The molecule has 5 nitrogen and oxygen atoms in total. The van der Waals surface area contributed by atoms with E-state index in [1.165, 1.54) is 25.1 Å². The summed E-state index contributed by atoms with van der Waals surface area (Å²) in [6, 6.07) is 16.4. The zero-order chi connectivity index (χ0) is 16.5. The Labute approximate surface area is 138 Å². The Morgan fingerprint density at radius 1 is 1.13 bits per heavy atom. The zero-order valence-electron chi connectivity index (χ0n) is 12.6. The van der Waals surface area contributed by atoms with Crippen molar-refractivity contribution >= 4 is 29.9 Å². The second-order valence-corrected chi connectivity index (χ2v) is 5.56. The number of rotatable bonds is 6. The highest BCUT2D eigenvalue weighted by Gasteiger charge is 2.03. The molecule has 0 bridgehead atoms. The van der Waals surface area contributed by atoms with Gasteiger partial charge in [0.1, 0.15) is 0 Å². The van der Waals surface area contributed by atoms with E-state index in [-0.39, 0.29) is 11.9 Å². The third-order valence-corrected chi connectivity index (χ3v) is 3.86. The summed E-state index contributed by atoms with van der Waals surface area (Å²) < 4.78 is 4.62. The number of hydrazone groups is 1. The Morgan fingerprint density at radius 3 is 2.48 bits per heavy atom. The number of methoxy groups -OCH3 is 1. The van der Waals surface area contributed by atoms with Crippen LogP contribution in [0.15, 0.2) is 64.6 Å². The number of benzene rings is 2. The predicted molar refractivity (Wildman–Crippen MR) is 90.7 cm³/mol. The van der Waals surface area contributed by atoms with Gasteiger partial charge in [0.15, 0.2) is 0 Å². The molecule has 118 valence electrons. The second kappa shape index (κ2) is 8.75. The minimum atomic E-state index is -0.389. The summed E-state index contributed by atoms with van der Waals surface area (Å²) in [6.07, 6.45) is 1.52. The molecule has 0 spiro atoms. The van der Waals surface area contributed by atoms with Crippen LogP contribution in [0.1, 0.15) is 15.9 Å². The molecule has 0 atom stereocenters. The van der Waals surface area contributed by atoms with Gasteiger partial charge in [0, 0.05) is 4.90 Å². The quantitative estimate of drug-likeness (QED) is 0.383. The molecule has 1 N–H and O–H groups in total. The number of hydrogen-bond donors (Lipinski definition) is 1. The lowest BCUT2D eigenvalue weighted by Crippen LogP contribution is -2.19. The maximum Gasteiger partial charge on any atom is 0.337 e. The molecule has 0 aromatic heterocycles. The fourth-order valence-electron chi connectivity index (χ4n) is 1.70. The van der Waals surface area contributed by atoms with Gasteiger partial charge in [0.05, 0.1) is 24.6 Å². The standard InChI is InChI=1S/C17H16N2O3S/c1-22-17(21)14-9-7-13(8-10-14)11-18-19-16(20)12-23-15-5-3-2-4-6-15/h2-11H,12H2,1H3,(H,19,20). The number of ether oxygens (including phenoxy) is 1. The smallest absolute Gasteiger partial charge is 0.337 e. The van der Waals surface area contributed by atoms with Crippen LogP contribution in [-0.2, 0) is 9.53 Å². The van der Waals surface area contributed by atoms with E-state index >= 15 is 0 Å². The lowest BCUT2D eigenvalue weighted by Gasteiger charge is -2.01. The van der Waals surface area contributed by atoms with Crippen LogP contribution in [0.3, 0.4) is 0 Å². The van der Waals surface area contributed by atoms with Gasteiger partial charge >= 0.3 is 5.97 Å². The van der Waals surface area contributed by atoms with Crippen LogP contribution >= 0.6 is 11.8 Å². The van der Waals surface area contributed by atoms with E-state index in [9.17, 15) is 9.59 Å². The molecule has 23 heavy (non-hydrogen) atoms. The molecule has 2 aromatic carbocycles. The van der Waals surface area contributed by atoms with Gasteiger partial charge in [-0.05, 0) is 29.8 Å². The first-order valence-corrected chi connectivity index (χ1v) is 7.86. The Morgan fingerprint density at radius 2 is 1.83 bits per heavy atom. The Bertz CT molecular complexity index is 685. The van der Waals surface area contributed by atoms with Crippen LogP contribution in [0.4, 0.5) is 0 Å². The van der Waals surface area contributed by atoms with Crippen molar-refractivity contribution in [3.05, 3.63) is 65.7 Å². The molecular weight excluding hydrogens is 312 g/mol. The van der Waals surface area contributed by atoms with Gasteiger partial charge in [-0.1, -0.05) is 30.3 Å². The number of carbonyl (C=O) groups excluding carboxylic acids is 2. The second-order valence-electron chi connectivity index (χ2n) is 4.51. The van der Waals surface area contributed by atoms with Crippen molar-refractivity contribution in [2.45, 2.75) is 4.90 Å². The lowest BCUT2D eigenvalue weighted by atomic mass is 10.1. The van der Waals surface area contributed by atoms with Gasteiger partial charge in [0.25, 0.3) is 0 Å². The topological polar surface area (TPSA) is 67.8 Å². The molecule has 0 aliphatic heterocycles. The number of nitrogens with one attached hydrogen (secondary N) is 1. The van der Waals surface area contributed by atoms with Gasteiger partial charge < -0.3 is 4.74 Å². The SMILES string of the molecule is COC(=O)c1ccc(C=NNC(=O)CSc2ccccc2)cc1. The van der Waals surface area contributed by atoms with E-state index in [4.69, 9.17) is 0 Å². The zero-order valence-corrected chi connectivity index (χ0v) is 13.4. The van der Waals surface area contributed by atoms with Gasteiger partial charge in [-0.25, -0.2) is 10.2 Å². The molecule has 0 heterocycles. The van der Waals surface area contributed by atoms with E-state index in [0.717, 1.165) is 10.5 Å². The van der Waals surface area contributed by atoms with Crippen LogP contribution in [0, 0.1) is 0 Å². The van der Waals surface area contributed by atoms with E-state index in [0.29, 0.717) is 11.3 Å². The molecule has 0 fully saturated rings. The van der Waals surface area contributed by atoms with Crippen molar-refractivity contribution in [1.29, 1.82) is 0 Å². The molecule has 0 unspecified atom stereocenters. The van der Waals surface area contributed by atoms with E-state index in [2.05, 4.69) is 15.3 Å². The highest BCUT2D eigenvalue weighted by Crippen LogP contribution is 2.16. The van der Waals surface area contributed by atoms with Gasteiger partial charge in [0.2, 0.25) is 5.91 Å².